The number of rotatable bonds is 5. The van der Waals surface area contributed by atoms with Crippen LogP contribution in [0.3, 0.4) is 0 Å². The molecule has 2 heterocycles. The van der Waals surface area contributed by atoms with Crippen LogP contribution in [0.1, 0.15) is 51.5 Å². The third kappa shape index (κ3) is 4.36. The zero-order valence-corrected chi connectivity index (χ0v) is 16.2. The highest BCUT2D eigenvalue weighted by Gasteiger charge is 2.29. The van der Waals surface area contributed by atoms with Gasteiger partial charge in [-0.05, 0) is 38.7 Å². The van der Waals surface area contributed by atoms with Gasteiger partial charge in [-0.3, -0.25) is 9.59 Å². The number of likely N-dealkylation sites (tertiary alicyclic amines) is 1. The molecule has 2 aromatic rings. The molecule has 0 aliphatic carbocycles. The van der Waals surface area contributed by atoms with Gasteiger partial charge in [-0.1, -0.05) is 0 Å². The van der Waals surface area contributed by atoms with Crippen LogP contribution in [-0.4, -0.2) is 46.0 Å². The number of benzene rings is 1. The highest BCUT2D eigenvalue weighted by atomic mass is 32.1. The topological polar surface area (TPSA) is 82.5 Å². The van der Waals surface area contributed by atoms with Gasteiger partial charge in [-0.15, -0.1) is 11.3 Å². The van der Waals surface area contributed by atoms with Crippen molar-refractivity contribution in [3.05, 3.63) is 45.4 Å². The molecule has 0 saturated carbocycles. The number of nitrogens with zero attached hydrogens (tertiary/aromatic N) is 2. The largest absolute Gasteiger partial charge is 0.396 e. The van der Waals surface area contributed by atoms with E-state index in [4.69, 9.17) is 0 Å². The van der Waals surface area contributed by atoms with Crippen molar-refractivity contribution in [3.8, 4) is 0 Å². The molecule has 3 rings (SSSR count). The minimum Gasteiger partial charge on any atom is -0.396 e. The number of aliphatic hydroxyl groups is 1. The van der Waals surface area contributed by atoms with E-state index in [0.717, 1.165) is 25.3 Å². The second-order valence-electron chi connectivity index (χ2n) is 6.68. The highest BCUT2D eigenvalue weighted by molar-refractivity contribution is 7.09. The maximum Gasteiger partial charge on any atom is 0.275 e. The number of halogens is 2. The Morgan fingerprint density at radius 3 is 2.79 bits per heavy atom. The molecule has 9 heteroatoms. The second kappa shape index (κ2) is 8.74. The number of aliphatic hydroxyl groups excluding tert-OH is 1. The summed E-state index contributed by atoms with van der Waals surface area (Å²) in [5, 5.41) is 13.8. The van der Waals surface area contributed by atoms with E-state index < -0.39 is 23.4 Å². The number of piperidine rings is 1. The standard InChI is InChI=1S/C19H21F2N3O3S/c1-11-22-17(10-28-11)18(26)23-16-8-13(14(20)9-15(16)21)19(27)24-6-3-2-4-12(24)5-7-25/h8-10,12,25H,2-7H2,1H3,(H,23,26). The van der Waals surface area contributed by atoms with Crippen LogP contribution in [0.2, 0.25) is 0 Å². The molecule has 2 amide bonds. The number of aromatic nitrogens is 1. The first-order valence-electron chi connectivity index (χ1n) is 9.05. The van der Waals surface area contributed by atoms with Gasteiger partial charge in [0.2, 0.25) is 0 Å². The van der Waals surface area contributed by atoms with Crippen molar-refractivity contribution in [1.82, 2.24) is 9.88 Å². The third-order valence-corrected chi connectivity index (χ3v) is 5.51. The van der Waals surface area contributed by atoms with E-state index in [1.54, 1.807) is 6.92 Å². The van der Waals surface area contributed by atoms with Crippen molar-refractivity contribution in [2.75, 3.05) is 18.5 Å². The molecule has 1 unspecified atom stereocenters. The number of hydrogen-bond acceptors (Lipinski definition) is 5. The van der Waals surface area contributed by atoms with Gasteiger partial charge in [-0.2, -0.15) is 0 Å². The molecule has 28 heavy (non-hydrogen) atoms. The first-order valence-corrected chi connectivity index (χ1v) is 9.93. The summed E-state index contributed by atoms with van der Waals surface area (Å²) in [6.07, 6.45) is 2.83. The Morgan fingerprint density at radius 2 is 2.11 bits per heavy atom. The predicted molar refractivity (Wildman–Crippen MR) is 102 cm³/mol. The van der Waals surface area contributed by atoms with E-state index in [9.17, 15) is 23.5 Å². The minimum absolute atomic E-state index is 0.0747. The molecular formula is C19H21F2N3O3S. The van der Waals surface area contributed by atoms with Crippen molar-refractivity contribution in [2.45, 2.75) is 38.6 Å². The summed E-state index contributed by atoms with van der Waals surface area (Å²) in [4.78, 5) is 30.7. The van der Waals surface area contributed by atoms with Crippen molar-refractivity contribution >= 4 is 28.8 Å². The fraction of sp³-hybridized carbons (Fsp3) is 0.421. The normalized spacial score (nSPS) is 16.9. The lowest BCUT2D eigenvalue weighted by atomic mass is 9.98. The van der Waals surface area contributed by atoms with Crippen LogP contribution < -0.4 is 5.32 Å². The van der Waals surface area contributed by atoms with Gasteiger partial charge in [-0.25, -0.2) is 13.8 Å². The molecule has 0 bridgehead atoms. The summed E-state index contributed by atoms with van der Waals surface area (Å²) in [6, 6.07) is 1.43. The number of thiazole rings is 1. The number of hydrogen-bond donors (Lipinski definition) is 2. The van der Waals surface area contributed by atoms with Gasteiger partial charge >= 0.3 is 0 Å². The fourth-order valence-electron chi connectivity index (χ4n) is 3.33. The summed E-state index contributed by atoms with van der Waals surface area (Å²) in [7, 11) is 0. The average Bonchev–Trinajstić information content (AvgIpc) is 3.10. The smallest absolute Gasteiger partial charge is 0.275 e. The van der Waals surface area contributed by atoms with E-state index in [1.807, 2.05) is 0 Å². The van der Waals surface area contributed by atoms with Crippen molar-refractivity contribution in [2.24, 2.45) is 0 Å². The molecule has 1 aromatic heterocycles. The minimum atomic E-state index is -0.988. The molecule has 1 aliphatic rings. The Kier molecular flexibility index (Phi) is 6.35. The molecule has 1 atom stereocenters. The Hall–Kier alpha value is -2.39. The molecule has 0 spiro atoms. The maximum absolute atomic E-state index is 14.4. The number of anilines is 1. The van der Waals surface area contributed by atoms with Gasteiger partial charge in [0.05, 0.1) is 16.3 Å². The monoisotopic (exact) mass is 409 g/mol. The molecule has 1 fully saturated rings. The van der Waals surface area contributed by atoms with Crippen LogP contribution in [0.15, 0.2) is 17.5 Å². The second-order valence-corrected chi connectivity index (χ2v) is 7.74. The van der Waals surface area contributed by atoms with Gasteiger partial charge in [0.1, 0.15) is 17.3 Å². The molecule has 1 aromatic carbocycles. The first kappa shape index (κ1) is 20.3. The lowest BCUT2D eigenvalue weighted by Crippen LogP contribution is -2.44. The van der Waals surface area contributed by atoms with Crippen LogP contribution in [0, 0.1) is 18.6 Å². The summed E-state index contributed by atoms with van der Waals surface area (Å²) in [5.74, 6) is -3.17. The van der Waals surface area contributed by atoms with Gasteiger partial charge in [0.15, 0.2) is 0 Å². The lowest BCUT2D eigenvalue weighted by molar-refractivity contribution is 0.0569. The number of aryl methyl sites for hydroxylation is 1. The number of carbonyl (C=O) groups excluding carboxylic acids is 2. The SMILES string of the molecule is Cc1nc(C(=O)Nc2cc(C(=O)N3CCCCC3CCO)c(F)cc2F)cs1. The summed E-state index contributed by atoms with van der Waals surface area (Å²) in [5.41, 5.74) is -0.467. The number of nitrogens with one attached hydrogen (secondary N) is 1. The maximum atomic E-state index is 14.4. The lowest BCUT2D eigenvalue weighted by Gasteiger charge is -2.35. The Morgan fingerprint density at radius 1 is 1.32 bits per heavy atom. The molecule has 6 nitrogen and oxygen atoms in total. The molecule has 2 N–H and O–H groups in total. The summed E-state index contributed by atoms with van der Waals surface area (Å²) in [6.45, 7) is 2.10. The zero-order chi connectivity index (χ0) is 20.3. The highest BCUT2D eigenvalue weighted by Crippen LogP contribution is 2.26. The molecular weight excluding hydrogens is 388 g/mol. The molecule has 1 aliphatic heterocycles. The predicted octanol–water partition coefficient (Wildman–Crippen LogP) is 3.36. The van der Waals surface area contributed by atoms with Gasteiger partial charge in [0.25, 0.3) is 11.8 Å². The van der Waals surface area contributed by atoms with Crippen LogP contribution in [0.25, 0.3) is 0 Å². The summed E-state index contributed by atoms with van der Waals surface area (Å²) >= 11 is 1.27. The van der Waals surface area contributed by atoms with E-state index in [1.165, 1.54) is 21.6 Å². The molecule has 150 valence electrons. The molecule has 1 saturated heterocycles. The van der Waals surface area contributed by atoms with Crippen molar-refractivity contribution in [1.29, 1.82) is 0 Å². The third-order valence-electron chi connectivity index (χ3n) is 4.74. The zero-order valence-electron chi connectivity index (χ0n) is 15.4. The Bertz CT molecular complexity index is 885. The van der Waals surface area contributed by atoms with Gasteiger partial charge < -0.3 is 15.3 Å². The number of carbonyl (C=O) groups is 2. The van der Waals surface area contributed by atoms with E-state index >= 15 is 0 Å². The Labute approximate surface area is 165 Å². The van der Waals surface area contributed by atoms with Crippen molar-refractivity contribution < 1.29 is 23.5 Å². The quantitative estimate of drug-likeness (QED) is 0.793. The Balaban J connectivity index is 1.86. The molecule has 0 radical (unpaired) electrons. The van der Waals surface area contributed by atoms with Gasteiger partial charge in [0, 0.05) is 30.6 Å². The van der Waals surface area contributed by atoms with E-state index in [-0.39, 0.29) is 29.6 Å². The average molecular weight is 409 g/mol. The van der Waals surface area contributed by atoms with Crippen molar-refractivity contribution in [3.63, 3.8) is 0 Å². The number of amides is 2. The fourth-order valence-corrected chi connectivity index (χ4v) is 3.93. The van der Waals surface area contributed by atoms with E-state index in [0.29, 0.717) is 24.0 Å². The van der Waals surface area contributed by atoms with Crippen LogP contribution in [-0.2, 0) is 0 Å². The first-order chi connectivity index (χ1) is 13.4. The summed E-state index contributed by atoms with van der Waals surface area (Å²) < 4.78 is 28.5. The van der Waals surface area contributed by atoms with Crippen LogP contribution in [0.5, 0.6) is 0 Å². The van der Waals surface area contributed by atoms with E-state index in [2.05, 4.69) is 10.3 Å². The van der Waals surface area contributed by atoms with Crippen LogP contribution in [0.4, 0.5) is 14.5 Å². The van der Waals surface area contributed by atoms with Crippen LogP contribution >= 0.6 is 11.3 Å².